The van der Waals surface area contributed by atoms with Crippen molar-refractivity contribution in [2.24, 2.45) is 0 Å². The summed E-state index contributed by atoms with van der Waals surface area (Å²) in [5.74, 6) is 0.348. The van der Waals surface area contributed by atoms with Crippen molar-refractivity contribution >= 4 is 21.6 Å². The zero-order valence-corrected chi connectivity index (χ0v) is 9.99. The largest absolute Gasteiger partial charge is 0.487 e. The van der Waals surface area contributed by atoms with E-state index in [0.29, 0.717) is 17.9 Å². The Morgan fingerprint density at radius 1 is 1.53 bits per heavy atom. The third-order valence-corrected chi connectivity index (χ3v) is 2.48. The zero-order valence-electron chi connectivity index (χ0n) is 8.40. The molecule has 0 atom stereocenters. The summed E-state index contributed by atoms with van der Waals surface area (Å²) >= 11 is 3.27. The van der Waals surface area contributed by atoms with E-state index >= 15 is 0 Å². The van der Waals surface area contributed by atoms with E-state index in [9.17, 15) is 10.1 Å². The summed E-state index contributed by atoms with van der Waals surface area (Å²) in [7, 11) is 0. The Morgan fingerprint density at radius 2 is 2.27 bits per heavy atom. The molecule has 0 radical (unpaired) electrons. The van der Waals surface area contributed by atoms with Crippen molar-refractivity contribution in [1.29, 1.82) is 0 Å². The number of rotatable bonds is 5. The highest BCUT2D eigenvalue weighted by Gasteiger charge is 2.17. The van der Waals surface area contributed by atoms with Crippen LogP contribution >= 0.6 is 15.9 Å². The van der Waals surface area contributed by atoms with Crippen molar-refractivity contribution in [3.05, 3.63) is 33.9 Å². The molecule has 0 aromatic heterocycles. The first-order chi connectivity index (χ1) is 7.16. The number of halogens is 1. The Labute approximate surface area is 96.5 Å². The number of hydrogen-bond acceptors (Lipinski definition) is 3. The molecule has 0 aliphatic rings. The van der Waals surface area contributed by atoms with Crippen LogP contribution in [0, 0.1) is 17.0 Å². The number of ether oxygens (including phenoxy) is 1. The molecule has 1 rings (SSSR count). The van der Waals surface area contributed by atoms with Crippen molar-refractivity contribution < 1.29 is 9.66 Å². The van der Waals surface area contributed by atoms with Crippen LogP contribution in [-0.2, 0) is 0 Å². The molecular formula is C10H12BrNO3. The number of benzene rings is 1. The van der Waals surface area contributed by atoms with Gasteiger partial charge in [0.2, 0.25) is 0 Å². The fourth-order valence-corrected chi connectivity index (χ4v) is 1.45. The van der Waals surface area contributed by atoms with Crippen molar-refractivity contribution in [2.75, 3.05) is 11.9 Å². The lowest BCUT2D eigenvalue weighted by molar-refractivity contribution is -0.386. The third-order valence-electron chi connectivity index (χ3n) is 1.92. The van der Waals surface area contributed by atoms with Crippen LogP contribution in [0.4, 0.5) is 5.69 Å². The first-order valence-electron chi connectivity index (χ1n) is 4.59. The molecule has 0 aliphatic heterocycles. The maximum absolute atomic E-state index is 10.8. The minimum Gasteiger partial charge on any atom is -0.487 e. The van der Waals surface area contributed by atoms with Crippen LogP contribution in [-0.4, -0.2) is 16.9 Å². The molecule has 0 fully saturated rings. The van der Waals surface area contributed by atoms with Gasteiger partial charge in [0.15, 0.2) is 5.75 Å². The molecule has 0 amide bonds. The van der Waals surface area contributed by atoms with Crippen LogP contribution in [0.2, 0.25) is 0 Å². The molecule has 0 heterocycles. The summed E-state index contributed by atoms with van der Waals surface area (Å²) in [6, 6.07) is 5.08. The van der Waals surface area contributed by atoms with Crippen molar-refractivity contribution in [1.82, 2.24) is 0 Å². The standard InChI is InChI=1S/C10H12BrNO3/c1-8-4-2-5-9(10(8)12(13)14)15-7-3-6-11/h2,4-5H,3,6-7H2,1H3. The van der Waals surface area contributed by atoms with E-state index in [1.165, 1.54) is 0 Å². The average Bonchev–Trinajstić information content (AvgIpc) is 2.17. The van der Waals surface area contributed by atoms with Gasteiger partial charge in [-0.1, -0.05) is 28.1 Å². The summed E-state index contributed by atoms with van der Waals surface area (Å²) in [6.45, 7) is 2.19. The smallest absolute Gasteiger partial charge is 0.313 e. The number of nitro groups is 1. The number of hydrogen-bond donors (Lipinski definition) is 0. The lowest BCUT2D eigenvalue weighted by Gasteiger charge is -2.06. The number of aryl methyl sites for hydroxylation is 1. The molecule has 0 bridgehead atoms. The Hall–Kier alpha value is -1.10. The van der Waals surface area contributed by atoms with E-state index in [-0.39, 0.29) is 5.69 Å². The summed E-state index contributed by atoms with van der Waals surface area (Å²) in [4.78, 5) is 10.4. The van der Waals surface area contributed by atoms with Gasteiger partial charge in [0.25, 0.3) is 0 Å². The van der Waals surface area contributed by atoms with Gasteiger partial charge in [0.05, 0.1) is 11.5 Å². The normalized spacial score (nSPS) is 10.0. The number of alkyl halides is 1. The van der Waals surface area contributed by atoms with Crippen LogP contribution < -0.4 is 4.74 Å². The second-order valence-corrected chi connectivity index (χ2v) is 3.86. The Morgan fingerprint density at radius 3 is 2.87 bits per heavy atom. The van der Waals surface area contributed by atoms with Gasteiger partial charge in [-0.3, -0.25) is 10.1 Å². The highest BCUT2D eigenvalue weighted by Crippen LogP contribution is 2.30. The van der Waals surface area contributed by atoms with Gasteiger partial charge in [0, 0.05) is 10.9 Å². The molecule has 4 nitrogen and oxygen atoms in total. The SMILES string of the molecule is Cc1cccc(OCCCBr)c1[N+](=O)[O-]. The Kier molecular flexibility index (Phi) is 4.55. The molecule has 0 saturated heterocycles. The van der Waals surface area contributed by atoms with Gasteiger partial charge < -0.3 is 4.74 Å². The maximum Gasteiger partial charge on any atom is 0.313 e. The lowest BCUT2D eigenvalue weighted by atomic mass is 10.2. The highest BCUT2D eigenvalue weighted by atomic mass is 79.9. The van der Waals surface area contributed by atoms with Gasteiger partial charge in [-0.15, -0.1) is 0 Å². The fourth-order valence-electron chi connectivity index (χ4n) is 1.22. The van der Waals surface area contributed by atoms with E-state index in [1.807, 2.05) is 0 Å². The first-order valence-corrected chi connectivity index (χ1v) is 5.71. The molecular weight excluding hydrogens is 262 g/mol. The van der Waals surface area contributed by atoms with Crippen LogP contribution in [0.1, 0.15) is 12.0 Å². The molecule has 0 saturated carbocycles. The molecule has 82 valence electrons. The highest BCUT2D eigenvalue weighted by molar-refractivity contribution is 9.09. The summed E-state index contributed by atoms with van der Waals surface area (Å²) < 4.78 is 5.35. The van der Waals surface area contributed by atoms with Crippen LogP contribution in [0.5, 0.6) is 5.75 Å². The second-order valence-electron chi connectivity index (χ2n) is 3.07. The quantitative estimate of drug-likeness (QED) is 0.359. The van der Waals surface area contributed by atoms with E-state index in [2.05, 4.69) is 15.9 Å². The zero-order chi connectivity index (χ0) is 11.3. The fraction of sp³-hybridized carbons (Fsp3) is 0.400. The van der Waals surface area contributed by atoms with Gasteiger partial charge in [0.1, 0.15) is 0 Å². The minimum absolute atomic E-state index is 0.0621. The topological polar surface area (TPSA) is 52.4 Å². The van der Waals surface area contributed by atoms with Gasteiger partial charge >= 0.3 is 5.69 Å². The second kappa shape index (κ2) is 5.70. The van der Waals surface area contributed by atoms with E-state index < -0.39 is 4.92 Å². The van der Waals surface area contributed by atoms with E-state index in [4.69, 9.17) is 4.74 Å². The van der Waals surface area contributed by atoms with E-state index in [0.717, 1.165) is 11.8 Å². The minimum atomic E-state index is -0.404. The van der Waals surface area contributed by atoms with Gasteiger partial charge in [-0.25, -0.2) is 0 Å². The Balaban J connectivity index is 2.86. The van der Waals surface area contributed by atoms with Crippen LogP contribution in [0.3, 0.4) is 0 Å². The van der Waals surface area contributed by atoms with Gasteiger partial charge in [-0.05, 0) is 19.4 Å². The summed E-state index contributed by atoms with van der Waals surface area (Å²) in [5.41, 5.74) is 0.684. The lowest BCUT2D eigenvalue weighted by Crippen LogP contribution is -2.02. The molecule has 0 aliphatic carbocycles. The number of para-hydroxylation sites is 1. The monoisotopic (exact) mass is 273 g/mol. The average molecular weight is 274 g/mol. The third kappa shape index (κ3) is 3.20. The molecule has 0 spiro atoms. The molecule has 15 heavy (non-hydrogen) atoms. The van der Waals surface area contributed by atoms with E-state index in [1.54, 1.807) is 25.1 Å². The summed E-state index contributed by atoms with van der Waals surface area (Å²) in [5, 5.41) is 11.6. The van der Waals surface area contributed by atoms with Crippen LogP contribution in [0.15, 0.2) is 18.2 Å². The molecule has 1 aromatic rings. The van der Waals surface area contributed by atoms with Crippen molar-refractivity contribution in [2.45, 2.75) is 13.3 Å². The Bertz CT molecular complexity index is 355. The molecule has 0 N–H and O–H groups in total. The van der Waals surface area contributed by atoms with Crippen LogP contribution in [0.25, 0.3) is 0 Å². The maximum atomic E-state index is 10.8. The predicted molar refractivity (Wildman–Crippen MR) is 61.7 cm³/mol. The van der Waals surface area contributed by atoms with Gasteiger partial charge in [-0.2, -0.15) is 0 Å². The predicted octanol–water partition coefficient (Wildman–Crippen LogP) is 3.07. The molecule has 5 heteroatoms. The van der Waals surface area contributed by atoms with Crippen molar-refractivity contribution in [3.63, 3.8) is 0 Å². The number of nitrogens with zero attached hydrogens (tertiary/aromatic N) is 1. The van der Waals surface area contributed by atoms with Crippen molar-refractivity contribution in [3.8, 4) is 5.75 Å². The number of nitro benzene ring substituents is 1. The first kappa shape index (κ1) is 12.0. The molecule has 1 aromatic carbocycles. The molecule has 0 unspecified atom stereocenters. The summed E-state index contributed by atoms with van der Waals surface area (Å²) in [6.07, 6.45) is 0.825.